The first kappa shape index (κ1) is 16.6. The SMILES string of the molecule is NCCC1CCN(C(=O)Nc2cccc(C(F)(F)F)c2)CC1. The van der Waals surface area contributed by atoms with Gasteiger partial charge in [-0.1, -0.05) is 6.07 Å². The summed E-state index contributed by atoms with van der Waals surface area (Å²) < 4.78 is 37.9. The van der Waals surface area contributed by atoms with Gasteiger partial charge in [-0.05, 0) is 49.9 Å². The second-order valence-corrected chi connectivity index (χ2v) is 5.52. The zero-order chi connectivity index (χ0) is 16.2. The van der Waals surface area contributed by atoms with Crippen molar-refractivity contribution in [3.63, 3.8) is 0 Å². The second kappa shape index (κ2) is 7.00. The van der Waals surface area contributed by atoms with Crippen LogP contribution in [0.5, 0.6) is 0 Å². The monoisotopic (exact) mass is 315 g/mol. The fourth-order valence-electron chi connectivity index (χ4n) is 2.64. The van der Waals surface area contributed by atoms with Crippen molar-refractivity contribution in [2.45, 2.75) is 25.4 Å². The molecule has 0 saturated carbocycles. The van der Waals surface area contributed by atoms with Crippen molar-refractivity contribution in [2.24, 2.45) is 11.7 Å². The lowest BCUT2D eigenvalue weighted by molar-refractivity contribution is -0.137. The Morgan fingerprint density at radius 2 is 2.00 bits per heavy atom. The Morgan fingerprint density at radius 1 is 1.32 bits per heavy atom. The maximum absolute atomic E-state index is 12.6. The van der Waals surface area contributed by atoms with Crippen LogP contribution in [0.3, 0.4) is 0 Å². The molecular weight excluding hydrogens is 295 g/mol. The van der Waals surface area contributed by atoms with Gasteiger partial charge in [0.15, 0.2) is 0 Å². The van der Waals surface area contributed by atoms with E-state index >= 15 is 0 Å². The van der Waals surface area contributed by atoms with Crippen LogP contribution >= 0.6 is 0 Å². The molecular formula is C15H20F3N3O. The van der Waals surface area contributed by atoms with Crippen LogP contribution in [0.1, 0.15) is 24.8 Å². The first-order valence-electron chi connectivity index (χ1n) is 7.33. The van der Waals surface area contributed by atoms with Crippen LogP contribution in [0.2, 0.25) is 0 Å². The van der Waals surface area contributed by atoms with Crippen molar-refractivity contribution in [1.29, 1.82) is 0 Å². The Kier molecular flexibility index (Phi) is 5.28. The highest BCUT2D eigenvalue weighted by molar-refractivity contribution is 5.89. The van der Waals surface area contributed by atoms with E-state index in [0.29, 0.717) is 25.6 Å². The predicted octanol–water partition coefficient (Wildman–Crippen LogP) is 3.30. The number of carbonyl (C=O) groups excluding carboxylic acids is 1. The molecule has 0 atom stereocenters. The van der Waals surface area contributed by atoms with Gasteiger partial charge in [0.2, 0.25) is 0 Å². The van der Waals surface area contributed by atoms with E-state index in [-0.39, 0.29) is 11.7 Å². The summed E-state index contributed by atoms with van der Waals surface area (Å²) in [6.07, 6.45) is -1.70. The molecule has 3 N–H and O–H groups in total. The van der Waals surface area contributed by atoms with Crippen LogP contribution in [0, 0.1) is 5.92 Å². The molecule has 4 nitrogen and oxygen atoms in total. The Balaban J connectivity index is 1.93. The molecule has 1 aliphatic heterocycles. The van der Waals surface area contributed by atoms with Crippen molar-refractivity contribution in [2.75, 3.05) is 25.0 Å². The molecule has 1 aromatic carbocycles. The van der Waals surface area contributed by atoms with E-state index < -0.39 is 11.7 Å². The zero-order valence-electron chi connectivity index (χ0n) is 12.2. The summed E-state index contributed by atoms with van der Waals surface area (Å²) in [7, 11) is 0. The molecule has 0 spiro atoms. The van der Waals surface area contributed by atoms with Gasteiger partial charge < -0.3 is 16.0 Å². The smallest absolute Gasteiger partial charge is 0.330 e. The summed E-state index contributed by atoms with van der Waals surface area (Å²) in [6.45, 7) is 1.85. The molecule has 0 radical (unpaired) electrons. The summed E-state index contributed by atoms with van der Waals surface area (Å²) >= 11 is 0. The van der Waals surface area contributed by atoms with E-state index in [0.717, 1.165) is 31.4 Å². The lowest BCUT2D eigenvalue weighted by Crippen LogP contribution is -2.41. The number of nitrogens with zero attached hydrogens (tertiary/aromatic N) is 1. The number of likely N-dealkylation sites (tertiary alicyclic amines) is 1. The van der Waals surface area contributed by atoms with Crippen molar-refractivity contribution >= 4 is 11.7 Å². The topological polar surface area (TPSA) is 58.4 Å². The number of carbonyl (C=O) groups is 1. The number of alkyl halides is 3. The first-order chi connectivity index (χ1) is 10.4. The molecule has 1 heterocycles. The quantitative estimate of drug-likeness (QED) is 0.899. The lowest BCUT2D eigenvalue weighted by atomic mass is 9.94. The normalized spacial score (nSPS) is 16.6. The third kappa shape index (κ3) is 4.37. The van der Waals surface area contributed by atoms with Crippen molar-refractivity contribution in [3.05, 3.63) is 29.8 Å². The number of benzene rings is 1. The van der Waals surface area contributed by atoms with E-state index in [9.17, 15) is 18.0 Å². The maximum Gasteiger partial charge on any atom is 0.416 e. The van der Waals surface area contributed by atoms with Gasteiger partial charge >= 0.3 is 12.2 Å². The van der Waals surface area contributed by atoms with E-state index in [1.807, 2.05) is 0 Å². The highest BCUT2D eigenvalue weighted by Crippen LogP contribution is 2.30. The molecule has 0 bridgehead atoms. The maximum atomic E-state index is 12.6. The largest absolute Gasteiger partial charge is 0.416 e. The van der Waals surface area contributed by atoms with Crippen LogP contribution in [-0.4, -0.2) is 30.6 Å². The van der Waals surface area contributed by atoms with Gasteiger partial charge in [-0.3, -0.25) is 0 Å². The zero-order valence-corrected chi connectivity index (χ0v) is 12.2. The van der Waals surface area contributed by atoms with E-state index in [2.05, 4.69) is 5.32 Å². The van der Waals surface area contributed by atoms with Crippen molar-refractivity contribution in [1.82, 2.24) is 4.90 Å². The number of amides is 2. The summed E-state index contributed by atoms with van der Waals surface area (Å²) in [5.74, 6) is 0.530. The van der Waals surface area contributed by atoms with E-state index in [1.165, 1.54) is 12.1 Å². The van der Waals surface area contributed by atoms with E-state index in [4.69, 9.17) is 5.73 Å². The van der Waals surface area contributed by atoms with Gasteiger partial charge in [0.25, 0.3) is 0 Å². The molecule has 7 heteroatoms. The van der Waals surface area contributed by atoms with Gasteiger partial charge in [-0.25, -0.2) is 4.79 Å². The average Bonchev–Trinajstić information content (AvgIpc) is 2.48. The Labute approximate surface area is 127 Å². The number of anilines is 1. The predicted molar refractivity (Wildman–Crippen MR) is 78.4 cm³/mol. The third-order valence-corrected chi connectivity index (χ3v) is 3.92. The van der Waals surface area contributed by atoms with Crippen molar-refractivity contribution in [3.8, 4) is 0 Å². The molecule has 1 saturated heterocycles. The molecule has 122 valence electrons. The fourth-order valence-corrected chi connectivity index (χ4v) is 2.64. The summed E-state index contributed by atoms with van der Waals surface area (Å²) in [6, 6.07) is 4.30. The van der Waals surface area contributed by atoms with Gasteiger partial charge in [-0.2, -0.15) is 13.2 Å². The molecule has 0 aromatic heterocycles. The number of piperidine rings is 1. The minimum atomic E-state index is -4.42. The van der Waals surface area contributed by atoms with Gasteiger partial charge in [0.1, 0.15) is 0 Å². The summed E-state index contributed by atoms with van der Waals surface area (Å²) in [4.78, 5) is 13.7. The molecule has 1 aliphatic rings. The number of nitrogens with one attached hydrogen (secondary N) is 1. The molecule has 1 fully saturated rings. The van der Waals surface area contributed by atoms with Crippen molar-refractivity contribution < 1.29 is 18.0 Å². The average molecular weight is 315 g/mol. The van der Waals surface area contributed by atoms with Crippen LogP contribution in [0.4, 0.5) is 23.7 Å². The molecule has 1 aromatic rings. The first-order valence-corrected chi connectivity index (χ1v) is 7.33. The highest BCUT2D eigenvalue weighted by atomic mass is 19.4. The number of hydrogen-bond donors (Lipinski definition) is 2. The van der Waals surface area contributed by atoms with Crippen LogP contribution in [0.25, 0.3) is 0 Å². The van der Waals surface area contributed by atoms with Gasteiger partial charge in [0, 0.05) is 18.8 Å². The van der Waals surface area contributed by atoms with Crippen LogP contribution in [0.15, 0.2) is 24.3 Å². The molecule has 22 heavy (non-hydrogen) atoms. The Bertz CT molecular complexity index is 511. The molecule has 0 unspecified atom stereocenters. The van der Waals surface area contributed by atoms with E-state index in [1.54, 1.807) is 4.90 Å². The minimum absolute atomic E-state index is 0.156. The molecule has 0 aliphatic carbocycles. The second-order valence-electron chi connectivity index (χ2n) is 5.52. The van der Waals surface area contributed by atoms with Gasteiger partial charge in [-0.15, -0.1) is 0 Å². The van der Waals surface area contributed by atoms with Crippen LogP contribution in [-0.2, 0) is 6.18 Å². The van der Waals surface area contributed by atoms with Gasteiger partial charge in [0.05, 0.1) is 5.56 Å². The highest BCUT2D eigenvalue weighted by Gasteiger charge is 2.30. The third-order valence-electron chi connectivity index (χ3n) is 3.92. The molecule has 2 amide bonds. The lowest BCUT2D eigenvalue weighted by Gasteiger charge is -2.31. The Morgan fingerprint density at radius 3 is 2.59 bits per heavy atom. The minimum Gasteiger partial charge on any atom is -0.330 e. The number of rotatable bonds is 3. The fraction of sp³-hybridized carbons (Fsp3) is 0.533. The summed E-state index contributed by atoms with van der Waals surface area (Å²) in [5.41, 5.74) is 4.91. The number of halogens is 3. The molecule has 2 rings (SSSR count). The van der Waals surface area contributed by atoms with Crippen LogP contribution < -0.4 is 11.1 Å². The summed E-state index contributed by atoms with van der Waals surface area (Å²) in [5, 5.41) is 2.53. The standard InChI is InChI=1S/C15H20F3N3O/c16-15(17,18)12-2-1-3-13(10-12)20-14(22)21-8-5-11(4-7-19)6-9-21/h1-3,10-11H,4-9,19H2,(H,20,22). The number of nitrogens with two attached hydrogens (primary N) is 1. The number of urea groups is 1. The number of hydrogen-bond acceptors (Lipinski definition) is 2. The Hall–Kier alpha value is -1.76.